The Kier molecular flexibility index (Phi) is 2.11. The molecule has 1 unspecified atom stereocenters. The largest absolute Gasteiger partial charge is 0.438 e. The quantitative estimate of drug-likeness (QED) is 0.788. The van der Waals surface area contributed by atoms with Gasteiger partial charge in [0.1, 0.15) is 5.75 Å². The monoisotopic (exact) mass is 212 g/mol. The van der Waals surface area contributed by atoms with Crippen LogP contribution in [0.1, 0.15) is 17.2 Å². The van der Waals surface area contributed by atoms with Crippen LogP contribution in [0.2, 0.25) is 0 Å². The van der Waals surface area contributed by atoms with Gasteiger partial charge in [0.05, 0.1) is 6.04 Å². The minimum atomic E-state index is 0.161. The Morgan fingerprint density at radius 3 is 2.81 bits per heavy atom. The van der Waals surface area contributed by atoms with Crippen LogP contribution < -0.4 is 10.1 Å². The van der Waals surface area contributed by atoms with Gasteiger partial charge in [-0.1, -0.05) is 24.3 Å². The van der Waals surface area contributed by atoms with Gasteiger partial charge in [0.2, 0.25) is 5.88 Å². The van der Waals surface area contributed by atoms with Crippen molar-refractivity contribution in [3.05, 3.63) is 53.7 Å². The van der Waals surface area contributed by atoms with Crippen LogP contribution in [0.25, 0.3) is 0 Å². The molecule has 3 rings (SSSR count). The molecule has 1 N–H and O–H groups in total. The fourth-order valence-corrected chi connectivity index (χ4v) is 2.10. The molecule has 0 amide bonds. The Morgan fingerprint density at radius 2 is 1.94 bits per heavy atom. The number of hydrogen-bond acceptors (Lipinski definition) is 3. The van der Waals surface area contributed by atoms with E-state index in [-0.39, 0.29) is 6.04 Å². The first-order valence-corrected chi connectivity index (χ1v) is 5.29. The summed E-state index contributed by atoms with van der Waals surface area (Å²) in [5.41, 5.74) is 2.24. The van der Waals surface area contributed by atoms with Crippen molar-refractivity contribution >= 4 is 0 Å². The molecule has 0 bridgehead atoms. The van der Waals surface area contributed by atoms with Gasteiger partial charge in [0, 0.05) is 17.3 Å². The highest BCUT2D eigenvalue weighted by molar-refractivity contribution is 5.50. The number of para-hydroxylation sites is 1. The first-order chi connectivity index (χ1) is 7.90. The average Bonchev–Trinajstić information content (AvgIpc) is 2.36. The maximum atomic E-state index is 5.76. The average molecular weight is 212 g/mol. The highest BCUT2D eigenvalue weighted by atomic mass is 16.5. The van der Waals surface area contributed by atoms with Crippen molar-refractivity contribution in [2.24, 2.45) is 0 Å². The van der Waals surface area contributed by atoms with Crippen molar-refractivity contribution in [3.63, 3.8) is 0 Å². The van der Waals surface area contributed by atoms with Crippen LogP contribution in [0.3, 0.4) is 0 Å². The van der Waals surface area contributed by atoms with Gasteiger partial charge in [-0.25, -0.2) is 4.98 Å². The minimum absolute atomic E-state index is 0.161. The van der Waals surface area contributed by atoms with Crippen LogP contribution in [0.4, 0.5) is 0 Å². The van der Waals surface area contributed by atoms with Crippen LogP contribution in [0, 0.1) is 0 Å². The van der Waals surface area contributed by atoms with Crippen molar-refractivity contribution in [1.82, 2.24) is 10.3 Å². The maximum Gasteiger partial charge on any atom is 0.224 e. The van der Waals surface area contributed by atoms with Crippen LogP contribution >= 0.6 is 0 Å². The van der Waals surface area contributed by atoms with E-state index in [9.17, 15) is 0 Å². The lowest BCUT2D eigenvalue weighted by molar-refractivity contribution is 0.418. The summed E-state index contributed by atoms with van der Waals surface area (Å²) in [4.78, 5) is 4.25. The normalized spacial score (nSPS) is 17.2. The van der Waals surface area contributed by atoms with Crippen LogP contribution in [0.15, 0.2) is 42.6 Å². The molecule has 2 heterocycles. The van der Waals surface area contributed by atoms with Crippen molar-refractivity contribution in [2.75, 3.05) is 7.05 Å². The summed E-state index contributed by atoms with van der Waals surface area (Å²) >= 11 is 0. The predicted molar refractivity (Wildman–Crippen MR) is 61.7 cm³/mol. The third-order valence-electron chi connectivity index (χ3n) is 2.84. The highest BCUT2D eigenvalue weighted by Crippen LogP contribution is 2.40. The standard InChI is InChI=1S/C13H12N2O/c1-14-12-9-5-2-3-7-11(9)16-13-10(12)6-4-8-15-13/h2-8,12,14H,1H3. The van der Waals surface area contributed by atoms with Crippen LogP contribution in [-0.4, -0.2) is 12.0 Å². The molecule has 0 aliphatic carbocycles. The van der Waals surface area contributed by atoms with Gasteiger partial charge in [-0.2, -0.15) is 0 Å². The second-order valence-electron chi connectivity index (χ2n) is 3.76. The van der Waals surface area contributed by atoms with Gasteiger partial charge in [0.15, 0.2) is 0 Å². The Hall–Kier alpha value is -1.87. The Labute approximate surface area is 94.1 Å². The van der Waals surface area contributed by atoms with E-state index in [0.717, 1.165) is 16.9 Å². The predicted octanol–water partition coefficient (Wildman–Crippen LogP) is 2.50. The molecule has 80 valence electrons. The van der Waals surface area contributed by atoms with Gasteiger partial charge < -0.3 is 10.1 Å². The number of nitrogens with one attached hydrogen (secondary N) is 1. The fourth-order valence-electron chi connectivity index (χ4n) is 2.10. The van der Waals surface area contributed by atoms with Gasteiger partial charge >= 0.3 is 0 Å². The van der Waals surface area contributed by atoms with E-state index in [2.05, 4.69) is 16.4 Å². The first kappa shape index (κ1) is 9.36. The Balaban J connectivity index is 2.19. The SMILES string of the molecule is CNC1c2ccccc2Oc2ncccc21. The molecule has 0 saturated carbocycles. The molecule has 1 aliphatic rings. The van der Waals surface area contributed by atoms with Crippen molar-refractivity contribution in [3.8, 4) is 11.6 Å². The molecule has 1 aliphatic heterocycles. The summed E-state index contributed by atoms with van der Waals surface area (Å²) in [5, 5.41) is 3.30. The number of benzene rings is 1. The second kappa shape index (κ2) is 3.61. The lowest BCUT2D eigenvalue weighted by Crippen LogP contribution is -2.22. The number of aromatic nitrogens is 1. The molecule has 0 radical (unpaired) electrons. The summed E-state index contributed by atoms with van der Waals surface area (Å²) in [5.74, 6) is 1.58. The smallest absolute Gasteiger partial charge is 0.224 e. The third-order valence-corrected chi connectivity index (χ3v) is 2.84. The third kappa shape index (κ3) is 1.29. The summed E-state index contributed by atoms with van der Waals surface area (Å²) in [6.45, 7) is 0. The minimum Gasteiger partial charge on any atom is -0.438 e. The molecule has 1 atom stereocenters. The van der Waals surface area contributed by atoms with Gasteiger partial charge in [0.25, 0.3) is 0 Å². The maximum absolute atomic E-state index is 5.76. The van der Waals surface area contributed by atoms with Gasteiger partial charge in [-0.05, 0) is 19.2 Å². The number of rotatable bonds is 1. The van der Waals surface area contributed by atoms with Crippen molar-refractivity contribution in [1.29, 1.82) is 0 Å². The molecule has 1 aromatic carbocycles. The summed E-state index contributed by atoms with van der Waals surface area (Å²) in [6, 6.07) is 12.2. The summed E-state index contributed by atoms with van der Waals surface area (Å²) in [6.07, 6.45) is 1.75. The molecule has 0 fully saturated rings. The van der Waals surface area contributed by atoms with Crippen LogP contribution in [-0.2, 0) is 0 Å². The Morgan fingerprint density at radius 1 is 1.12 bits per heavy atom. The molecule has 3 nitrogen and oxygen atoms in total. The van der Waals surface area contributed by atoms with E-state index in [1.54, 1.807) is 6.20 Å². The first-order valence-electron chi connectivity index (χ1n) is 5.29. The van der Waals surface area contributed by atoms with Crippen LogP contribution in [0.5, 0.6) is 11.6 Å². The van der Waals surface area contributed by atoms with Gasteiger partial charge in [-0.15, -0.1) is 0 Å². The van der Waals surface area contributed by atoms with E-state index < -0.39 is 0 Å². The zero-order chi connectivity index (χ0) is 11.0. The van der Waals surface area contributed by atoms with Crippen molar-refractivity contribution in [2.45, 2.75) is 6.04 Å². The molecular weight excluding hydrogens is 200 g/mol. The second-order valence-corrected chi connectivity index (χ2v) is 3.76. The molecule has 1 aromatic heterocycles. The molecule has 2 aromatic rings. The molecule has 16 heavy (non-hydrogen) atoms. The van der Waals surface area contributed by atoms with Gasteiger partial charge in [-0.3, -0.25) is 0 Å². The number of nitrogens with zero attached hydrogens (tertiary/aromatic N) is 1. The topological polar surface area (TPSA) is 34.1 Å². The molecule has 0 saturated heterocycles. The van der Waals surface area contributed by atoms with E-state index in [1.807, 2.05) is 37.4 Å². The lowest BCUT2D eigenvalue weighted by Gasteiger charge is -2.26. The number of fused-ring (bicyclic) bond motifs is 2. The lowest BCUT2D eigenvalue weighted by atomic mass is 9.97. The van der Waals surface area contributed by atoms with E-state index in [0.29, 0.717) is 5.88 Å². The zero-order valence-electron chi connectivity index (χ0n) is 8.97. The highest BCUT2D eigenvalue weighted by Gasteiger charge is 2.25. The van der Waals surface area contributed by atoms with E-state index in [1.165, 1.54) is 0 Å². The summed E-state index contributed by atoms with van der Waals surface area (Å²) < 4.78 is 5.76. The summed E-state index contributed by atoms with van der Waals surface area (Å²) in [7, 11) is 1.95. The zero-order valence-corrected chi connectivity index (χ0v) is 8.97. The number of pyridine rings is 1. The van der Waals surface area contributed by atoms with E-state index >= 15 is 0 Å². The number of hydrogen-bond donors (Lipinski definition) is 1. The molecule has 3 heteroatoms. The van der Waals surface area contributed by atoms with Crippen molar-refractivity contribution < 1.29 is 4.74 Å². The fraction of sp³-hybridized carbons (Fsp3) is 0.154. The Bertz CT molecular complexity index is 479. The molecular formula is C13H12N2O. The number of ether oxygens (including phenoxy) is 1. The molecule has 0 spiro atoms. The van der Waals surface area contributed by atoms with E-state index in [4.69, 9.17) is 4.74 Å².